The first-order valence-electron chi connectivity index (χ1n) is 8.66. The number of hydrogen-bond acceptors (Lipinski definition) is 5. The van der Waals surface area contributed by atoms with E-state index in [2.05, 4.69) is 10.0 Å². The van der Waals surface area contributed by atoms with Gasteiger partial charge in [0.15, 0.2) is 0 Å². The Labute approximate surface area is 168 Å². The van der Waals surface area contributed by atoms with Crippen molar-refractivity contribution in [3.8, 4) is 5.75 Å². The van der Waals surface area contributed by atoms with Crippen LogP contribution in [0.4, 0.5) is 5.69 Å². The van der Waals surface area contributed by atoms with E-state index in [1.54, 1.807) is 25.1 Å². The summed E-state index contributed by atoms with van der Waals surface area (Å²) in [5.74, 6) is -0.301. The van der Waals surface area contributed by atoms with Gasteiger partial charge in [0.2, 0.25) is 10.0 Å². The molecule has 28 heavy (non-hydrogen) atoms. The van der Waals surface area contributed by atoms with Gasteiger partial charge in [0.25, 0.3) is 5.91 Å². The average molecular weight is 425 g/mol. The molecule has 2 aromatic rings. The summed E-state index contributed by atoms with van der Waals surface area (Å²) in [5, 5.41) is 12.4. The third kappa shape index (κ3) is 4.30. The summed E-state index contributed by atoms with van der Waals surface area (Å²) in [6.07, 6.45) is 0.256. The van der Waals surface area contributed by atoms with Crippen molar-refractivity contribution in [1.29, 1.82) is 0 Å². The minimum absolute atomic E-state index is 0.0595. The third-order valence-corrected chi connectivity index (χ3v) is 6.45. The molecule has 1 aliphatic rings. The summed E-state index contributed by atoms with van der Waals surface area (Å²) < 4.78 is 32.9. The molecule has 0 atom stereocenters. The number of aryl methyl sites for hydroxylation is 1. The Morgan fingerprint density at radius 1 is 1.25 bits per heavy atom. The van der Waals surface area contributed by atoms with Gasteiger partial charge in [-0.3, -0.25) is 4.79 Å². The molecule has 3 rings (SSSR count). The van der Waals surface area contributed by atoms with Gasteiger partial charge in [-0.25, -0.2) is 13.1 Å². The fourth-order valence-electron chi connectivity index (χ4n) is 2.97. The second kappa shape index (κ2) is 8.08. The second-order valence-corrected chi connectivity index (χ2v) is 8.81. The molecule has 150 valence electrons. The zero-order valence-electron chi connectivity index (χ0n) is 15.4. The number of benzene rings is 2. The number of aliphatic hydroxyl groups excluding tert-OH is 1. The van der Waals surface area contributed by atoms with E-state index in [-0.39, 0.29) is 22.3 Å². The number of halogens is 1. The lowest BCUT2D eigenvalue weighted by Gasteiger charge is -2.31. The van der Waals surface area contributed by atoms with Crippen LogP contribution in [0.5, 0.6) is 5.75 Å². The van der Waals surface area contributed by atoms with Crippen LogP contribution in [0.15, 0.2) is 41.3 Å². The number of amides is 1. The van der Waals surface area contributed by atoms with Gasteiger partial charge in [0.1, 0.15) is 5.75 Å². The number of hydrogen-bond donors (Lipinski definition) is 3. The monoisotopic (exact) mass is 424 g/mol. The summed E-state index contributed by atoms with van der Waals surface area (Å²) in [6.45, 7) is 1.80. The molecule has 0 aromatic heterocycles. The molecule has 3 N–H and O–H groups in total. The van der Waals surface area contributed by atoms with Gasteiger partial charge in [0, 0.05) is 6.04 Å². The fourth-order valence-corrected chi connectivity index (χ4v) is 4.53. The number of anilines is 1. The first-order valence-corrected chi connectivity index (χ1v) is 10.5. The van der Waals surface area contributed by atoms with Crippen molar-refractivity contribution < 1.29 is 23.1 Å². The van der Waals surface area contributed by atoms with Crippen LogP contribution in [0, 0.1) is 6.92 Å². The Hall–Kier alpha value is -2.13. The third-order valence-electron chi connectivity index (χ3n) is 4.62. The van der Waals surface area contributed by atoms with E-state index in [1.165, 1.54) is 25.3 Å². The smallest absolute Gasteiger partial charge is 0.259 e. The topological polar surface area (TPSA) is 105 Å². The number of sulfonamides is 1. The summed E-state index contributed by atoms with van der Waals surface area (Å²) >= 11 is 6.16. The van der Waals surface area contributed by atoms with E-state index in [0.29, 0.717) is 23.6 Å². The van der Waals surface area contributed by atoms with E-state index in [4.69, 9.17) is 16.3 Å². The minimum Gasteiger partial charge on any atom is -0.496 e. The van der Waals surface area contributed by atoms with Crippen molar-refractivity contribution in [2.24, 2.45) is 0 Å². The zero-order valence-corrected chi connectivity index (χ0v) is 17.0. The van der Waals surface area contributed by atoms with Gasteiger partial charge < -0.3 is 15.2 Å². The van der Waals surface area contributed by atoms with E-state index in [9.17, 15) is 18.3 Å². The normalized spacial score (nSPS) is 19.0. The van der Waals surface area contributed by atoms with E-state index < -0.39 is 22.0 Å². The summed E-state index contributed by atoms with van der Waals surface area (Å²) in [4.78, 5) is 12.8. The molecule has 0 radical (unpaired) electrons. The van der Waals surface area contributed by atoms with Crippen molar-refractivity contribution in [3.05, 3.63) is 52.5 Å². The molecule has 0 unspecified atom stereocenters. The van der Waals surface area contributed by atoms with Crippen molar-refractivity contribution in [1.82, 2.24) is 4.72 Å². The molecule has 1 fully saturated rings. The Morgan fingerprint density at radius 2 is 1.96 bits per heavy atom. The van der Waals surface area contributed by atoms with E-state index in [0.717, 1.165) is 5.56 Å². The molecule has 0 aliphatic heterocycles. The fraction of sp³-hybridized carbons (Fsp3) is 0.316. The molecule has 1 amide bonds. The van der Waals surface area contributed by atoms with Gasteiger partial charge in [-0.2, -0.15) is 0 Å². The Bertz CT molecular complexity index is 983. The SMILES string of the molecule is COc1ccc(S(=O)(=O)N[C@H]2C[C@H](O)C2)cc1C(=O)Nc1c(C)cccc1Cl. The van der Waals surface area contributed by atoms with E-state index >= 15 is 0 Å². The van der Waals surface area contributed by atoms with Gasteiger partial charge in [0.05, 0.1) is 34.4 Å². The number of ether oxygens (including phenoxy) is 1. The van der Waals surface area contributed by atoms with E-state index in [1.807, 2.05) is 0 Å². The first kappa shape index (κ1) is 20.6. The lowest BCUT2D eigenvalue weighted by molar-refractivity contribution is 0.0712. The number of carbonyl (C=O) groups is 1. The lowest BCUT2D eigenvalue weighted by Crippen LogP contribution is -2.46. The number of aliphatic hydroxyl groups is 1. The largest absolute Gasteiger partial charge is 0.496 e. The maximum Gasteiger partial charge on any atom is 0.259 e. The Morgan fingerprint density at radius 3 is 2.57 bits per heavy atom. The predicted molar refractivity (Wildman–Crippen MR) is 106 cm³/mol. The predicted octanol–water partition coefficient (Wildman–Crippen LogP) is 2.71. The average Bonchev–Trinajstić information content (AvgIpc) is 2.62. The quantitative estimate of drug-likeness (QED) is 0.661. The van der Waals surface area contributed by atoms with Crippen molar-refractivity contribution in [2.45, 2.75) is 36.8 Å². The molecule has 0 saturated heterocycles. The number of carbonyl (C=O) groups excluding carboxylic acids is 1. The van der Waals surface area contributed by atoms with Crippen molar-refractivity contribution in [3.63, 3.8) is 0 Å². The van der Waals surface area contributed by atoms with Crippen LogP contribution >= 0.6 is 11.6 Å². The van der Waals surface area contributed by atoms with Crippen LogP contribution in [-0.4, -0.2) is 38.7 Å². The highest BCUT2D eigenvalue weighted by atomic mass is 35.5. The molecule has 0 bridgehead atoms. The number of nitrogens with one attached hydrogen (secondary N) is 2. The highest BCUT2D eigenvalue weighted by molar-refractivity contribution is 7.89. The van der Waals surface area contributed by atoms with Crippen LogP contribution < -0.4 is 14.8 Å². The Kier molecular flexibility index (Phi) is 5.95. The molecular weight excluding hydrogens is 404 g/mol. The molecule has 2 aromatic carbocycles. The molecule has 0 heterocycles. The van der Waals surface area contributed by atoms with Crippen molar-refractivity contribution >= 4 is 33.2 Å². The molecule has 1 saturated carbocycles. The van der Waals surface area contributed by atoms with Gasteiger partial charge >= 0.3 is 0 Å². The van der Waals surface area contributed by atoms with Crippen LogP contribution in [0.1, 0.15) is 28.8 Å². The highest BCUT2D eigenvalue weighted by Crippen LogP contribution is 2.29. The summed E-state index contributed by atoms with van der Waals surface area (Å²) in [7, 11) is -2.44. The lowest BCUT2D eigenvalue weighted by atomic mass is 9.91. The number of methoxy groups -OCH3 is 1. The molecule has 7 nitrogen and oxygen atoms in total. The first-order chi connectivity index (χ1) is 13.2. The maximum absolute atomic E-state index is 12.8. The molecule has 1 aliphatic carbocycles. The zero-order chi connectivity index (χ0) is 20.5. The maximum atomic E-state index is 12.8. The molecular formula is C19H21ClN2O5S. The summed E-state index contributed by atoms with van der Waals surface area (Å²) in [6, 6.07) is 8.97. The van der Waals surface area contributed by atoms with Crippen LogP contribution in [0.2, 0.25) is 5.02 Å². The number of rotatable bonds is 6. The number of para-hydroxylation sites is 1. The highest BCUT2D eigenvalue weighted by Gasteiger charge is 2.31. The minimum atomic E-state index is -3.84. The van der Waals surface area contributed by atoms with Gasteiger partial charge in [-0.05, 0) is 49.6 Å². The van der Waals surface area contributed by atoms with Crippen LogP contribution in [0.3, 0.4) is 0 Å². The molecule has 0 spiro atoms. The van der Waals surface area contributed by atoms with Gasteiger partial charge in [-0.1, -0.05) is 23.7 Å². The van der Waals surface area contributed by atoms with Crippen molar-refractivity contribution in [2.75, 3.05) is 12.4 Å². The van der Waals surface area contributed by atoms with Crippen LogP contribution in [0.25, 0.3) is 0 Å². The summed E-state index contributed by atoms with van der Waals surface area (Å²) in [5.41, 5.74) is 1.29. The van der Waals surface area contributed by atoms with Gasteiger partial charge in [-0.15, -0.1) is 0 Å². The second-order valence-electron chi connectivity index (χ2n) is 6.69. The van der Waals surface area contributed by atoms with Crippen LogP contribution in [-0.2, 0) is 10.0 Å². The molecule has 9 heteroatoms. The Balaban J connectivity index is 1.89. The standard InChI is InChI=1S/C19H21ClN2O5S/c1-11-4-3-5-16(20)18(11)21-19(24)15-10-14(6-7-17(15)27-2)28(25,26)22-12-8-13(23)9-12/h3-7,10,12-13,22-23H,8-9H2,1-2H3,(H,21,24)/t12-,13-.